The molecule has 20 heavy (non-hydrogen) atoms. The van der Waals surface area contributed by atoms with Crippen LogP contribution in [0.25, 0.3) is 10.9 Å². The van der Waals surface area contributed by atoms with Crippen LogP contribution in [0.15, 0.2) is 30.5 Å². The van der Waals surface area contributed by atoms with Gasteiger partial charge in [0.1, 0.15) is 0 Å². The van der Waals surface area contributed by atoms with E-state index in [0.717, 1.165) is 24.0 Å². The molecular weight excluding hydrogens is 268 g/mol. The van der Waals surface area contributed by atoms with E-state index in [2.05, 4.69) is 49.0 Å². The number of hydrogen-bond donors (Lipinski definition) is 1. The van der Waals surface area contributed by atoms with Crippen molar-refractivity contribution >= 4 is 22.5 Å². The SMILES string of the molecule is CC(C)CCC(C)NCCn1ccc2cc(Cl)ccc21. The van der Waals surface area contributed by atoms with Gasteiger partial charge in [-0.25, -0.2) is 0 Å². The first-order valence-electron chi connectivity index (χ1n) is 7.54. The van der Waals surface area contributed by atoms with Gasteiger partial charge in [-0.3, -0.25) is 0 Å². The average molecular weight is 293 g/mol. The molecule has 1 atom stereocenters. The standard InChI is InChI=1S/C17H25ClN2/c1-13(2)4-5-14(3)19-9-11-20-10-8-15-12-16(18)6-7-17(15)20/h6-8,10,12-14,19H,4-5,9,11H2,1-3H3. The van der Waals surface area contributed by atoms with Crippen LogP contribution in [0.2, 0.25) is 5.02 Å². The van der Waals surface area contributed by atoms with Crippen LogP contribution in [0.4, 0.5) is 0 Å². The fraction of sp³-hybridized carbons (Fsp3) is 0.529. The first-order valence-corrected chi connectivity index (χ1v) is 7.92. The maximum absolute atomic E-state index is 6.01. The summed E-state index contributed by atoms with van der Waals surface area (Å²) in [5.74, 6) is 0.789. The quantitative estimate of drug-likeness (QED) is 0.782. The van der Waals surface area contributed by atoms with Gasteiger partial charge in [0.05, 0.1) is 0 Å². The van der Waals surface area contributed by atoms with E-state index in [1.54, 1.807) is 0 Å². The van der Waals surface area contributed by atoms with E-state index in [1.165, 1.54) is 23.7 Å². The molecule has 0 saturated heterocycles. The molecule has 1 aromatic carbocycles. The molecule has 0 aliphatic rings. The summed E-state index contributed by atoms with van der Waals surface area (Å²) < 4.78 is 2.29. The van der Waals surface area contributed by atoms with Gasteiger partial charge in [0.15, 0.2) is 0 Å². The van der Waals surface area contributed by atoms with Gasteiger partial charge in [-0.05, 0) is 49.9 Å². The molecule has 0 saturated carbocycles. The first kappa shape index (κ1) is 15.4. The maximum atomic E-state index is 6.01. The van der Waals surface area contributed by atoms with Gasteiger partial charge in [-0.15, -0.1) is 0 Å². The third-order valence-corrected chi connectivity index (χ3v) is 3.99. The van der Waals surface area contributed by atoms with E-state index < -0.39 is 0 Å². The van der Waals surface area contributed by atoms with Crippen molar-refractivity contribution in [1.82, 2.24) is 9.88 Å². The largest absolute Gasteiger partial charge is 0.346 e. The van der Waals surface area contributed by atoms with E-state index in [-0.39, 0.29) is 0 Å². The molecule has 2 rings (SSSR count). The van der Waals surface area contributed by atoms with Crippen LogP contribution in [0.1, 0.15) is 33.6 Å². The number of halogens is 1. The predicted molar refractivity (Wildman–Crippen MR) is 88.5 cm³/mol. The van der Waals surface area contributed by atoms with Crippen molar-refractivity contribution in [3.8, 4) is 0 Å². The highest BCUT2D eigenvalue weighted by atomic mass is 35.5. The van der Waals surface area contributed by atoms with Gasteiger partial charge in [-0.1, -0.05) is 25.4 Å². The molecule has 110 valence electrons. The van der Waals surface area contributed by atoms with Crippen molar-refractivity contribution in [2.75, 3.05) is 6.54 Å². The molecule has 1 N–H and O–H groups in total. The Morgan fingerprint density at radius 1 is 1.15 bits per heavy atom. The smallest absolute Gasteiger partial charge is 0.0481 e. The minimum atomic E-state index is 0.591. The second-order valence-electron chi connectivity index (χ2n) is 6.04. The summed E-state index contributed by atoms with van der Waals surface area (Å²) in [6, 6.07) is 8.79. The zero-order valence-electron chi connectivity index (χ0n) is 12.7. The molecular formula is C17H25ClN2. The van der Waals surface area contributed by atoms with Crippen LogP contribution < -0.4 is 5.32 Å². The van der Waals surface area contributed by atoms with Gasteiger partial charge >= 0.3 is 0 Å². The molecule has 1 unspecified atom stereocenters. The Hall–Kier alpha value is -0.990. The van der Waals surface area contributed by atoms with E-state index in [0.29, 0.717) is 6.04 Å². The highest BCUT2D eigenvalue weighted by Gasteiger charge is 2.04. The number of nitrogens with zero attached hydrogens (tertiary/aromatic N) is 1. The molecule has 3 heteroatoms. The summed E-state index contributed by atoms with van der Waals surface area (Å²) in [4.78, 5) is 0. The van der Waals surface area contributed by atoms with Gasteiger partial charge in [-0.2, -0.15) is 0 Å². The summed E-state index contributed by atoms with van der Waals surface area (Å²) in [5.41, 5.74) is 1.26. The van der Waals surface area contributed by atoms with Gasteiger partial charge in [0.25, 0.3) is 0 Å². The lowest BCUT2D eigenvalue weighted by Gasteiger charge is -2.15. The molecule has 0 fully saturated rings. The first-order chi connectivity index (χ1) is 9.56. The van der Waals surface area contributed by atoms with Crippen molar-refractivity contribution in [1.29, 1.82) is 0 Å². The summed E-state index contributed by atoms with van der Waals surface area (Å²) in [7, 11) is 0. The Balaban J connectivity index is 1.84. The van der Waals surface area contributed by atoms with Crippen LogP contribution >= 0.6 is 11.6 Å². The molecule has 0 aliphatic heterocycles. The normalized spacial score (nSPS) is 13.2. The van der Waals surface area contributed by atoms with E-state index in [4.69, 9.17) is 11.6 Å². The summed E-state index contributed by atoms with van der Waals surface area (Å²) in [6.45, 7) is 8.84. The van der Waals surface area contributed by atoms with Gasteiger partial charge in [0, 0.05) is 41.3 Å². The lowest BCUT2D eigenvalue weighted by Crippen LogP contribution is -2.29. The highest BCUT2D eigenvalue weighted by molar-refractivity contribution is 6.31. The summed E-state index contributed by atoms with van der Waals surface area (Å²) in [6.07, 6.45) is 4.68. The molecule has 0 bridgehead atoms. The molecule has 0 amide bonds. The summed E-state index contributed by atoms with van der Waals surface area (Å²) in [5, 5.41) is 5.62. The number of fused-ring (bicyclic) bond motifs is 1. The van der Waals surface area contributed by atoms with Crippen molar-refractivity contribution in [3.63, 3.8) is 0 Å². The van der Waals surface area contributed by atoms with Crippen LogP contribution in [-0.2, 0) is 6.54 Å². The van der Waals surface area contributed by atoms with Gasteiger partial charge < -0.3 is 9.88 Å². The minimum absolute atomic E-state index is 0.591. The third kappa shape index (κ3) is 4.26. The molecule has 0 aliphatic carbocycles. The zero-order chi connectivity index (χ0) is 14.5. The highest BCUT2D eigenvalue weighted by Crippen LogP contribution is 2.20. The number of aromatic nitrogens is 1. The molecule has 2 aromatic rings. The Morgan fingerprint density at radius 3 is 2.70 bits per heavy atom. The Labute approximate surface area is 127 Å². The topological polar surface area (TPSA) is 17.0 Å². The second-order valence-corrected chi connectivity index (χ2v) is 6.48. The van der Waals surface area contributed by atoms with Crippen LogP contribution in [0, 0.1) is 5.92 Å². The lowest BCUT2D eigenvalue weighted by atomic mass is 10.0. The molecule has 0 radical (unpaired) electrons. The molecule has 1 heterocycles. The maximum Gasteiger partial charge on any atom is 0.0481 e. The van der Waals surface area contributed by atoms with Crippen molar-refractivity contribution in [3.05, 3.63) is 35.5 Å². The Morgan fingerprint density at radius 2 is 1.95 bits per heavy atom. The van der Waals surface area contributed by atoms with E-state index >= 15 is 0 Å². The number of nitrogens with one attached hydrogen (secondary N) is 1. The molecule has 2 nitrogen and oxygen atoms in total. The molecule has 0 spiro atoms. The fourth-order valence-corrected chi connectivity index (χ4v) is 2.66. The van der Waals surface area contributed by atoms with E-state index in [1.807, 2.05) is 12.1 Å². The summed E-state index contributed by atoms with van der Waals surface area (Å²) >= 11 is 6.01. The second kappa shape index (κ2) is 7.14. The van der Waals surface area contributed by atoms with Crippen LogP contribution in [0.5, 0.6) is 0 Å². The third-order valence-electron chi connectivity index (χ3n) is 3.76. The minimum Gasteiger partial charge on any atom is -0.346 e. The number of hydrogen-bond acceptors (Lipinski definition) is 1. The monoisotopic (exact) mass is 292 g/mol. The number of benzene rings is 1. The lowest BCUT2D eigenvalue weighted by molar-refractivity contribution is 0.443. The molecule has 1 aromatic heterocycles. The fourth-order valence-electron chi connectivity index (χ4n) is 2.48. The van der Waals surface area contributed by atoms with E-state index in [9.17, 15) is 0 Å². The Kier molecular flexibility index (Phi) is 5.50. The number of rotatable bonds is 7. The van der Waals surface area contributed by atoms with Crippen molar-refractivity contribution < 1.29 is 0 Å². The van der Waals surface area contributed by atoms with Crippen molar-refractivity contribution in [2.45, 2.75) is 46.2 Å². The van der Waals surface area contributed by atoms with Crippen LogP contribution in [0.3, 0.4) is 0 Å². The van der Waals surface area contributed by atoms with Crippen LogP contribution in [-0.4, -0.2) is 17.2 Å². The average Bonchev–Trinajstić information content (AvgIpc) is 2.79. The predicted octanol–water partition coefficient (Wildman–Crippen LogP) is 4.71. The van der Waals surface area contributed by atoms with Crippen molar-refractivity contribution in [2.24, 2.45) is 5.92 Å². The van der Waals surface area contributed by atoms with Gasteiger partial charge in [0.2, 0.25) is 0 Å². The zero-order valence-corrected chi connectivity index (χ0v) is 13.5. The Bertz CT molecular complexity index is 545.